The summed E-state index contributed by atoms with van der Waals surface area (Å²) in [7, 11) is 2.86. The van der Waals surface area contributed by atoms with E-state index >= 15 is 0 Å². The average molecular weight is 284 g/mol. The molecule has 0 amide bonds. The normalized spacial score (nSPS) is 18.7. The van der Waals surface area contributed by atoms with Crippen LogP contribution in [0.2, 0.25) is 0 Å². The van der Waals surface area contributed by atoms with Crippen LogP contribution in [0, 0.1) is 11.6 Å². The maximum atomic E-state index is 14.1. The number of carbonyl (C=O) groups excluding carboxylic acids is 1. The van der Waals surface area contributed by atoms with Gasteiger partial charge in [-0.3, -0.25) is 0 Å². The minimum atomic E-state index is -1.16. The van der Waals surface area contributed by atoms with E-state index in [1.807, 2.05) is 0 Å². The van der Waals surface area contributed by atoms with Gasteiger partial charge in [0.1, 0.15) is 0 Å². The van der Waals surface area contributed by atoms with Crippen LogP contribution in [0.5, 0.6) is 0 Å². The van der Waals surface area contributed by atoms with Crippen molar-refractivity contribution in [3.8, 4) is 0 Å². The van der Waals surface area contributed by atoms with Crippen molar-refractivity contribution in [2.75, 3.05) is 32.1 Å². The van der Waals surface area contributed by atoms with Crippen LogP contribution >= 0.6 is 0 Å². The molecule has 1 aromatic rings. The maximum Gasteiger partial charge on any atom is 0.340 e. The van der Waals surface area contributed by atoms with E-state index < -0.39 is 17.6 Å². The van der Waals surface area contributed by atoms with Gasteiger partial charge in [-0.15, -0.1) is 0 Å². The standard InChI is InChI=1S/C14H18F2N2O2/c1-18(9-4-3-7-17-8-9)11-6-5-10(14(19)20-2)12(15)13(11)16/h5-6,9,17H,3-4,7-8H2,1-2H3. The second-order valence-corrected chi connectivity index (χ2v) is 4.86. The van der Waals surface area contributed by atoms with Gasteiger partial charge in [-0.05, 0) is 31.5 Å². The van der Waals surface area contributed by atoms with Crippen molar-refractivity contribution < 1.29 is 18.3 Å². The Morgan fingerprint density at radius 1 is 1.40 bits per heavy atom. The first-order chi connectivity index (χ1) is 9.56. The number of nitrogens with one attached hydrogen (secondary N) is 1. The number of anilines is 1. The number of ether oxygens (including phenoxy) is 1. The lowest BCUT2D eigenvalue weighted by Crippen LogP contribution is -2.44. The van der Waals surface area contributed by atoms with Crippen molar-refractivity contribution in [1.29, 1.82) is 0 Å². The second kappa shape index (κ2) is 6.17. The molecule has 0 radical (unpaired) electrons. The SMILES string of the molecule is COC(=O)c1ccc(N(C)C2CCCNC2)c(F)c1F. The molecule has 1 N–H and O–H groups in total. The lowest BCUT2D eigenvalue weighted by molar-refractivity contribution is 0.0594. The molecule has 0 spiro atoms. The van der Waals surface area contributed by atoms with Crippen LogP contribution < -0.4 is 10.2 Å². The van der Waals surface area contributed by atoms with Crippen LogP contribution in [-0.4, -0.2) is 39.3 Å². The molecule has 6 heteroatoms. The Morgan fingerprint density at radius 3 is 2.75 bits per heavy atom. The fourth-order valence-electron chi connectivity index (χ4n) is 2.44. The molecule has 4 nitrogen and oxygen atoms in total. The van der Waals surface area contributed by atoms with Gasteiger partial charge in [0.2, 0.25) is 0 Å². The summed E-state index contributed by atoms with van der Waals surface area (Å²) in [6.45, 7) is 1.68. The third-order valence-electron chi connectivity index (χ3n) is 3.67. The molecule has 1 atom stereocenters. The van der Waals surface area contributed by atoms with Crippen molar-refractivity contribution in [1.82, 2.24) is 5.32 Å². The van der Waals surface area contributed by atoms with E-state index in [9.17, 15) is 13.6 Å². The van der Waals surface area contributed by atoms with Crippen molar-refractivity contribution in [3.05, 3.63) is 29.3 Å². The lowest BCUT2D eigenvalue weighted by atomic mass is 10.0. The maximum absolute atomic E-state index is 14.1. The van der Waals surface area contributed by atoms with E-state index in [-0.39, 0.29) is 17.3 Å². The minimum absolute atomic E-state index is 0.113. The molecule has 1 aliphatic heterocycles. The Morgan fingerprint density at radius 2 is 2.15 bits per heavy atom. The third-order valence-corrected chi connectivity index (χ3v) is 3.67. The van der Waals surface area contributed by atoms with Gasteiger partial charge >= 0.3 is 5.97 Å². The van der Waals surface area contributed by atoms with Crippen LogP contribution in [-0.2, 0) is 4.74 Å². The molecular formula is C14H18F2N2O2. The number of piperidine rings is 1. The predicted molar refractivity (Wildman–Crippen MR) is 72.0 cm³/mol. The molecule has 0 aliphatic carbocycles. The highest BCUT2D eigenvalue weighted by Crippen LogP contribution is 2.26. The highest BCUT2D eigenvalue weighted by atomic mass is 19.2. The third kappa shape index (κ3) is 2.75. The van der Waals surface area contributed by atoms with E-state index in [1.54, 1.807) is 11.9 Å². The Balaban J connectivity index is 2.28. The van der Waals surface area contributed by atoms with Gasteiger partial charge in [-0.1, -0.05) is 0 Å². The van der Waals surface area contributed by atoms with Gasteiger partial charge in [-0.25, -0.2) is 13.6 Å². The zero-order valence-electron chi connectivity index (χ0n) is 11.6. The first kappa shape index (κ1) is 14.7. The van der Waals surface area contributed by atoms with Crippen molar-refractivity contribution >= 4 is 11.7 Å². The topological polar surface area (TPSA) is 41.6 Å². The van der Waals surface area contributed by atoms with Crippen molar-refractivity contribution in [3.63, 3.8) is 0 Å². The van der Waals surface area contributed by atoms with Crippen LogP contribution in [0.15, 0.2) is 12.1 Å². The molecular weight excluding hydrogens is 266 g/mol. The van der Waals surface area contributed by atoms with Gasteiger partial charge in [0, 0.05) is 19.6 Å². The van der Waals surface area contributed by atoms with E-state index in [0.717, 1.165) is 33.0 Å². The number of carbonyl (C=O) groups is 1. The first-order valence-corrected chi connectivity index (χ1v) is 6.56. The molecule has 110 valence electrons. The molecule has 1 unspecified atom stereocenters. The Bertz CT molecular complexity index is 502. The molecule has 0 bridgehead atoms. The van der Waals surface area contributed by atoms with Gasteiger partial charge in [0.15, 0.2) is 11.6 Å². The molecule has 1 fully saturated rings. The van der Waals surface area contributed by atoms with Crippen LogP contribution in [0.4, 0.5) is 14.5 Å². The molecule has 1 aliphatic rings. The van der Waals surface area contributed by atoms with Gasteiger partial charge in [0.25, 0.3) is 0 Å². The number of methoxy groups -OCH3 is 1. The molecule has 20 heavy (non-hydrogen) atoms. The summed E-state index contributed by atoms with van der Waals surface area (Å²) in [5, 5.41) is 3.23. The fraction of sp³-hybridized carbons (Fsp3) is 0.500. The number of halogens is 2. The van der Waals surface area contributed by atoms with E-state index in [1.165, 1.54) is 12.1 Å². The zero-order valence-corrected chi connectivity index (χ0v) is 11.6. The molecule has 0 saturated carbocycles. The smallest absolute Gasteiger partial charge is 0.340 e. The summed E-state index contributed by atoms with van der Waals surface area (Å²) >= 11 is 0. The fourth-order valence-corrected chi connectivity index (χ4v) is 2.44. The number of likely N-dealkylation sites (N-methyl/N-ethyl adjacent to an activating group) is 1. The van der Waals surface area contributed by atoms with Crippen LogP contribution in [0.25, 0.3) is 0 Å². The summed E-state index contributed by atoms with van der Waals surface area (Å²) in [5.41, 5.74) is -0.229. The molecule has 1 heterocycles. The van der Waals surface area contributed by atoms with E-state index in [0.29, 0.717) is 0 Å². The Hall–Kier alpha value is -1.69. The molecule has 0 aromatic heterocycles. The van der Waals surface area contributed by atoms with Gasteiger partial charge in [-0.2, -0.15) is 0 Å². The summed E-state index contributed by atoms with van der Waals surface area (Å²) < 4.78 is 32.4. The first-order valence-electron chi connectivity index (χ1n) is 6.56. The van der Waals surface area contributed by atoms with Crippen LogP contribution in [0.1, 0.15) is 23.2 Å². The Labute approximate surface area is 116 Å². The molecule has 1 aromatic carbocycles. The number of hydrogen-bond acceptors (Lipinski definition) is 4. The molecule has 2 rings (SSSR count). The van der Waals surface area contributed by atoms with E-state index in [2.05, 4.69) is 10.1 Å². The minimum Gasteiger partial charge on any atom is -0.465 e. The highest BCUT2D eigenvalue weighted by molar-refractivity contribution is 5.90. The monoisotopic (exact) mass is 284 g/mol. The average Bonchev–Trinajstić information content (AvgIpc) is 2.49. The van der Waals surface area contributed by atoms with Crippen molar-refractivity contribution in [2.45, 2.75) is 18.9 Å². The quantitative estimate of drug-likeness (QED) is 0.861. The summed E-state index contributed by atoms with van der Waals surface area (Å²) in [5.74, 6) is -3.05. The molecule has 1 saturated heterocycles. The Kier molecular flexibility index (Phi) is 4.54. The number of esters is 1. The summed E-state index contributed by atoms with van der Waals surface area (Å²) in [6.07, 6.45) is 1.92. The number of benzene rings is 1. The largest absolute Gasteiger partial charge is 0.465 e. The predicted octanol–water partition coefficient (Wildman–Crippen LogP) is 1.94. The van der Waals surface area contributed by atoms with Crippen LogP contribution in [0.3, 0.4) is 0 Å². The van der Waals surface area contributed by atoms with Crippen molar-refractivity contribution in [2.24, 2.45) is 0 Å². The second-order valence-electron chi connectivity index (χ2n) is 4.86. The number of hydrogen-bond donors (Lipinski definition) is 1. The lowest BCUT2D eigenvalue weighted by Gasteiger charge is -2.33. The highest BCUT2D eigenvalue weighted by Gasteiger charge is 2.24. The van der Waals surface area contributed by atoms with Gasteiger partial charge < -0.3 is 15.0 Å². The summed E-state index contributed by atoms with van der Waals surface area (Å²) in [6, 6.07) is 2.78. The van der Waals surface area contributed by atoms with Gasteiger partial charge in [0.05, 0.1) is 18.4 Å². The number of rotatable bonds is 3. The summed E-state index contributed by atoms with van der Waals surface area (Å²) in [4.78, 5) is 13.0. The number of nitrogens with zero attached hydrogens (tertiary/aromatic N) is 1. The van der Waals surface area contributed by atoms with E-state index in [4.69, 9.17) is 0 Å². The zero-order chi connectivity index (χ0) is 14.7.